The lowest BCUT2D eigenvalue weighted by Crippen LogP contribution is -2.33. The molecule has 3 heterocycles. The minimum atomic E-state index is -3.70. The first kappa shape index (κ1) is 18.7. The lowest BCUT2D eigenvalue weighted by atomic mass is 10.1. The number of anilines is 1. The van der Waals surface area contributed by atoms with Crippen molar-refractivity contribution in [1.82, 2.24) is 25.1 Å². The Morgan fingerprint density at radius 1 is 1.32 bits per heavy atom. The van der Waals surface area contributed by atoms with Crippen molar-refractivity contribution in [3.8, 4) is 0 Å². The van der Waals surface area contributed by atoms with Gasteiger partial charge in [0.15, 0.2) is 5.65 Å². The predicted octanol–water partition coefficient (Wildman–Crippen LogP) is 0.284. The number of sulfonamides is 1. The Balaban J connectivity index is 1.61. The van der Waals surface area contributed by atoms with Crippen LogP contribution in [0.15, 0.2) is 35.5 Å². The minimum Gasteiger partial charge on any atom is -0.369 e. The third-order valence-electron chi connectivity index (χ3n) is 4.59. The van der Waals surface area contributed by atoms with E-state index in [2.05, 4.69) is 25.7 Å². The average molecular weight is 403 g/mol. The molecule has 11 heteroatoms. The number of morpholine rings is 1. The second kappa shape index (κ2) is 7.43. The van der Waals surface area contributed by atoms with Gasteiger partial charge in [0.05, 0.1) is 16.9 Å². The van der Waals surface area contributed by atoms with Gasteiger partial charge in [0.1, 0.15) is 23.9 Å². The number of primary sulfonamides is 1. The molecule has 1 aliphatic heterocycles. The number of ether oxygens (including phenoxy) is 1. The van der Waals surface area contributed by atoms with Crippen molar-refractivity contribution in [3.05, 3.63) is 41.9 Å². The highest BCUT2D eigenvalue weighted by molar-refractivity contribution is 7.89. The van der Waals surface area contributed by atoms with E-state index in [0.29, 0.717) is 31.2 Å². The zero-order valence-corrected chi connectivity index (χ0v) is 16.1. The summed E-state index contributed by atoms with van der Waals surface area (Å²) in [5, 5.41) is 17.2. The maximum atomic E-state index is 11.4. The molecular formula is C17H21N7O3S. The van der Waals surface area contributed by atoms with E-state index in [9.17, 15) is 8.42 Å². The lowest BCUT2D eigenvalue weighted by molar-refractivity contribution is 0.0255. The molecule has 0 spiro atoms. The van der Waals surface area contributed by atoms with Crippen molar-refractivity contribution < 1.29 is 13.2 Å². The summed E-state index contributed by atoms with van der Waals surface area (Å²) in [6.45, 7) is 2.57. The summed E-state index contributed by atoms with van der Waals surface area (Å²) in [5.74, 6) is 0.651. The van der Waals surface area contributed by atoms with Gasteiger partial charge in [-0.3, -0.25) is 0 Å². The van der Waals surface area contributed by atoms with Crippen molar-refractivity contribution in [2.24, 2.45) is 12.2 Å². The van der Waals surface area contributed by atoms with Gasteiger partial charge in [-0.1, -0.05) is 12.1 Å². The molecule has 1 aliphatic rings. The number of nitrogens with two attached hydrogens (primary N) is 1. The summed E-state index contributed by atoms with van der Waals surface area (Å²) in [5.41, 5.74) is 2.39. The van der Waals surface area contributed by atoms with Crippen molar-refractivity contribution in [2.75, 3.05) is 25.0 Å². The van der Waals surface area contributed by atoms with Crippen molar-refractivity contribution in [2.45, 2.75) is 17.5 Å². The Labute approximate surface area is 162 Å². The van der Waals surface area contributed by atoms with Crippen LogP contribution in [-0.4, -0.2) is 47.9 Å². The molecule has 28 heavy (non-hydrogen) atoms. The first-order chi connectivity index (χ1) is 13.4. The lowest BCUT2D eigenvalue weighted by Gasteiger charge is -2.22. The van der Waals surface area contributed by atoms with Gasteiger partial charge >= 0.3 is 0 Å². The van der Waals surface area contributed by atoms with Gasteiger partial charge in [-0.15, -0.1) is 0 Å². The standard InChI is InChI=1S/C17H21N7O3S/c1-24-17-14(15(23-24)13-9-19-6-7-27-13)16(21-10-22-17)20-8-11-2-4-12(5-3-11)28(18,25)26/h2-5,10,13,19H,6-9H2,1H3,(H2,18,25,26)(H,20,21,22). The Hall–Kier alpha value is -2.60. The van der Waals surface area contributed by atoms with Crippen LogP contribution in [0.25, 0.3) is 11.0 Å². The molecule has 2 aromatic heterocycles. The second-order valence-corrected chi connectivity index (χ2v) is 8.10. The van der Waals surface area contributed by atoms with Gasteiger partial charge in [0, 0.05) is 26.7 Å². The Kier molecular flexibility index (Phi) is 4.98. The van der Waals surface area contributed by atoms with Crippen LogP contribution in [0, 0.1) is 0 Å². The van der Waals surface area contributed by atoms with Crippen LogP contribution >= 0.6 is 0 Å². The highest BCUT2D eigenvalue weighted by Crippen LogP contribution is 2.30. The van der Waals surface area contributed by atoms with Crippen LogP contribution in [-0.2, 0) is 28.4 Å². The molecular weight excluding hydrogens is 382 g/mol. The molecule has 1 saturated heterocycles. The third-order valence-corrected chi connectivity index (χ3v) is 5.52. The molecule has 1 aromatic carbocycles. The monoisotopic (exact) mass is 403 g/mol. The molecule has 0 bridgehead atoms. The average Bonchev–Trinajstić information content (AvgIpc) is 3.04. The van der Waals surface area contributed by atoms with E-state index in [0.717, 1.165) is 23.2 Å². The summed E-state index contributed by atoms with van der Waals surface area (Å²) in [7, 11) is -1.86. The molecule has 10 nitrogen and oxygen atoms in total. The zero-order chi connectivity index (χ0) is 19.7. The van der Waals surface area contributed by atoms with Gasteiger partial charge in [0.25, 0.3) is 0 Å². The highest BCUT2D eigenvalue weighted by atomic mass is 32.2. The van der Waals surface area contributed by atoms with Crippen LogP contribution in [0.4, 0.5) is 5.82 Å². The van der Waals surface area contributed by atoms with E-state index in [4.69, 9.17) is 9.88 Å². The smallest absolute Gasteiger partial charge is 0.238 e. The fourth-order valence-electron chi connectivity index (χ4n) is 3.20. The Bertz CT molecular complexity index is 1090. The summed E-state index contributed by atoms with van der Waals surface area (Å²) in [6, 6.07) is 6.39. The number of rotatable bonds is 5. The van der Waals surface area contributed by atoms with E-state index < -0.39 is 10.0 Å². The molecule has 0 amide bonds. The van der Waals surface area contributed by atoms with Gasteiger partial charge in [0.2, 0.25) is 10.0 Å². The van der Waals surface area contributed by atoms with Crippen LogP contribution in [0.5, 0.6) is 0 Å². The number of aromatic nitrogens is 4. The quantitative estimate of drug-likeness (QED) is 0.553. The topological polar surface area (TPSA) is 137 Å². The summed E-state index contributed by atoms with van der Waals surface area (Å²) >= 11 is 0. The number of benzene rings is 1. The van der Waals surface area contributed by atoms with Crippen LogP contribution in [0.3, 0.4) is 0 Å². The van der Waals surface area contributed by atoms with E-state index in [1.165, 1.54) is 18.5 Å². The van der Waals surface area contributed by atoms with Crippen LogP contribution in [0.1, 0.15) is 17.4 Å². The van der Waals surface area contributed by atoms with Crippen LogP contribution < -0.4 is 15.8 Å². The van der Waals surface area contributed by atoms with E-state index in [1.807, 2.05) is 7.05 Å². The molecule has 0 aliphatic carbocycles. The molecule has 3 aromatic rings. The van der Waals surface area contributed by atoms with Gasteiger partial charge in [-0.2, -0.15) is 5.10 Å². The molecule has 4 N–H and O–H groups in total. The summed E-state index contributed by atoms with van der Waals surface area (Å²) in [4.78, 5) is 8.80. The number of nitrogens with one attached hydrogen (secondary N) is 2. The van der Waals surface area contributed by atoms with E-state index in [1.54, 1.807) is 16.8 Å². The molecule has 1 atom stereocenters. The maximum Gasteiger partial charge on any atom is 0.238 e. The van der Waals surface area contributed by atoms with E-state index in [-0.39, 0.29) is 11.0 Å². The fourth-order valence-corrected chi connectivity index (χ4v) is 3.72. The minimum absolute atomic E-state index is 0.0807. The highest BCUT2D eigenvalue weighted by Gasteiger charge is 2.25. The largest absolute Gasteiger partial charge is 0.369 e. The van der Waals surface area contributed by atoms with Crippen molar-refractivity contribution in [1.29, 1.82) is 0 Å². The SMILES string of the molecule is Cn1nc(C2CNCCO2)c2c(NCc3ccc(S(N)(=O)=O)cc3)ncnc21. The summed E-state index contributed by atoms with van der Waals surface area (Å²) in [6.07, 6.45) is 1.32. The number of nitrogens with zero attached hydrogens (tertiary/aromatic N) is 4. The molecule has 0 radical (unpaired) electrons. The number of hydrogen-bond donors (Lipinski definition) is 3. The zero-order valence-electron chi connectivity index (χ0n) is 15.3. The van der Waals surface area contributed by atoms with Crippen molar-refractivity contribution in [3.63, 3.8) is 0 Å². The molecule has 0 saturated carbocycles. The predicted molar refractivity (Wildman–Crippen MR) is 103 cm³/mol. The van der Waals surface area contributed by atoms with Gasteiger partial charge < -0.3 is 15.4 Å². The number of fused-ring (bicyclic) bond motifs is 1. The summed E-state index contributed by atoms with van der Waals surface area (Å²) < 4.78 is 30.3. The van der Waals surface area contributed by atoms with E-state index >= 15 is 0 Å². The molecule has 148 valence electrons. The first-order valence-electron chi connectivity index (χ1n) is 8.79. The van der Waals surface area contributed by atoms with Crippen molar-refractivity contribution >= 4 is 26.9 Å². The third kappa shape index (κ3) is 3.69. The molecule has 1 fully saturated rings. The number of aryl methyl sites for hydroxylation is 1. The first-order valence-corrected chi connectivity index (χ1v) is 10.3. The molecule has 1 unspecified atom stereocenters. The maximum absolute atomic E-state index is 11.4. The van der Waals surface area contributed by atoms with Gasteiger partial charge in [-0.25, -0.2) is 28.2 Å². The Morgan fingerprint density at radius 3 is 2.79 bits per heavy atom. The number of hydrogen-bond acceptors (Lipinski definition) is 8. The normalized spacial score (nSPS) is 17.7. The van der Waals surface area contributed by atoms with Crippen LogP contribution in [0.2, 0.25) is 0 Å². The van der Waals surface area contributed by atoms with Gasteiger partial charge in [-0.05, 0) is 17.7 Å². The molecule has 4 rings (SSSR count). The fraction of sp³-hybridized carbons (Fsp3) is 0.353. The second-order valence-electron chi connectivity index (χ2n) is 6.54. The Morgan fingerprint density at radius 2 is 2.11 bits per heavy atom.